The van der Waals surface area contributed by atoms with Gasteiger partial charge in [-0.15, -0.1) is 0 Å². The van der Waals surface area contributed by atoms with Crippen LogP contribution < -0.4 is 0 Å². The van der Waals surface area contributed by atoms with Crippen LogP contribution in [-0.2, 0) is 0 Å². The maximum atomic E-state index is 12.3. The maximum Gasteiger partial charge on any atom is 0.104 e. The van der Waals surface area contributed by atoms with Gasteiger partial charge in [-0.1, -0.05) is 170 Å². The van der Waals surface area contributed by atoms with E-state index in [1.54, 1.807) is 0 Å². The molecule has 3 aromatic heterocycles. The number of fused-ring (bicyclic) bond motifs is 6. The molecule has 0 saturated heterocycles. The molecule has 11 aromatic carbocycles. The summed E-state index contributed by atoms with van der Waals surface area (Å²) in [5, 5.41) is 25.2. The lowest BCUT2D eigenvalue weighted by atomic mass is 9.82. The average molecular weight is 811 g/mol. The van der Waals surface area contributed by atoms with Crippen molar-refractivity contribution in [2.24, 2.45) is 0 Å². The topological polar surface area (TPSA) is 46.5 Å². The number of benzene rings is 11. The lowest BCUT2D eigenvalue weighted by Gasteiger charge is -2.27. The van der Waals surface area contributed by atoms with Gasteiger partial charge in [0, 0.05) is 55.2 Å². The SMILES string of the molecule is N#Cc1c(-n2c3cccc4c5ccccc5c5cccc2c5c43)c(-c2ccccc2)c(-c2ccccc2)c(-c2ccccc2)c1-n1c2cccc3c4cccnc4c4cccc1c4c32. The van der Waals surface area contributed by atoms with E-state index in [0.29, 0.717) is 5.56 Å². The number of pyridine rings is 1. The van der Waals surface area contributed by atoms with Crippen LogP contribution in [0.15, 0.2) is 206 Å². The highest BCUT2D eigenvalue weighted by atomic mass is 15.0. The minimum atomic E-state index is 0.591. The van der Waals surface area contributed by atoms with Crippen LogP contribution in [0.4, 0.5) is 0 Å². The van der Waals surface area contributed by atoms with Crippen molar-refractivity contribution in [1.29, 1.82) is 5.26 Å². The summed E-state index contributed by atoms with van der Waals surface area (Å²) in [6, 6.07) is 74.6. The van der Waals surface area contributed by atoms with E-state index in [9.17, 15) is 5.26 Å². The molecule has 0 aliphatic heterocycles. The van der Waals surface area contributed by atoms with Crippen LogP contribution in [0.5, 0.6) is 0 Å². The standard InChI is InChI=1S/C60H34N4/c61-35-46-59(63-47-30-12-25-41-39-23-10-11-24-40(39)42-26-13-31-48(63)55(42)54(41)47)52(37-19-6-2-7-20-37)51(36-17-4-1-5-18-36)53(38-21-8-3-9-22-38)60(46)64-49-32-14-27-43-44-29-16-34-62-58(44)45-28-15-33-50(64)57(45)56(43)49/h1-34H. The quantitative estimate of drug-likeness (QED) is 0.163. The number of hydrogen-bond acceptors (Lipinski definition) is 2. The zero-order valence-corrected chi connectivity index (χ0v) is 34.4. The molecule has 0 amide bonds. The number of hydrogen-bond donors (Lipinski definition) is 0. The molecule has 14 aromatic rings. The van der Waals surface area contributed by atoms with E-state index >= 15 is 0 Å². The molecule has 0 bridgehead atoms. The summed E-state index contributed by atoms with van der Waals surface area (Å²) in [4.78, 5) is 4.99. The molecule has 0 aliphatic carbocycles. The highest BCUT2D eigenvalue weighted by Gasteiger charge is 2.33. The summed E-state index contributed by atoms with van der Waals surface area (Å²) in [5.74, 6) is 0. The van der Waals surface area contributed by atoms with Crippen LogP contribution in [0.1, 0.15) is 5.56 Å². The number of nitrogens with zero attached hydrogens (tertiary/aromatic N) is 4. The minimum absolute atomic E-state index is 0.591. The Morgan fingerprint density at radius 3 is 1.14 bits per heavy atom. The second kappa shape index (κ2) is 13.1. The first-order valence-corrected chi connectivity index (χ1v) is 21.8. The van der Waals surface area contributed by atoms with Gasteiger partial charge in [0.05, 0.1) is 39.0 Å². The first-order chi connectivity index (χ1) is 31.8. The van der Waals surface area contributed by atoms with Gasteiger partial charge in [0.1, 0.15) is 11.6 Å². The van der Waals surface area contributed by atoms with E-state index < -0.39 is 0 Å². The molecule has 294 valence electrons. The Bertz CT molecular complexity index is 3810. The van der Waals surface area contributed by atoms with Gasteiger partial charge in [0.15, 0.2) is 0 Å². The predicted octanol–water partition coefficient (Wildman–Crippen LogP) is 15.6. The third-order valence-electron chi connectivity index (χ3n) is 13.7. The van der Waals surface area contributed by atoms with Gasteiger partial charge in [-0.05, 0) is 74.0 Å². The van der Waals surface area contributed by atoms with Gasteiger partial charge in [0.2, 0.25) is 0 Å². The summed E-state index contributed by atoms with van der Waals surface area (Å²) in [6.07, 6.45) is 1.89. The van der Waals surface area contributed by atoms with Gasteiger partial charge >= 0.3 is 0 Å². The largest absolute Gasteiger partial charge is 0.307 e. The first-order valence-electron chi connectivity index (χ1n) is 21.8. The molecule has 3 heterocycles. The molecule has 0 atom stereocenters. The van der Waals surface area contributed by atoms with Gasteiger partial charge in [-0.25, -0.2) is 0 Å². The highest BCUT2D eigenvalue weighted by Crippen LogP contribution is 2.54. The van der Waals surface area contributed by atoms with E-state index in [1.807, 2.05) is 12.3 Å². The van der Waals surface area contributed by atoms with Crippen molar-refractivity contribution >= 4 is 86.8 Å². The molecular formula is C60H34N4. The van der Waals surface area contributed by atoms with Crippen LogP contribution in [0.25, 0.3) is 132 Å². The molecule has 4 heteroatoms. The fourth-order valence-electron chi connectivity index (χ4n) is 11.3. The third-order valence-corrected chi connectivity index (χ3v) is 13.7. The Morgan fingerprint density at radius 1 is 0.328 bits per heavy atom. The van der Waals surface area contributed by atoms with Crippen molar-refractivity contribution in [3.8, 4) is 50.8 Å². The van der Waals surface area contributed by atoms with Crippen molar-refractivity contribution in [3.63, 3.8) is 0 Å². The molecule has 0 spiro atoms. The molecule has 0 radical (unpaired) electrons. The second-order valence-electron chi connectivity index (χ2n) is 16.8. The van der Waals surface area contributed by atoms with Crippen molar-refractivity contribution in [1.82, 2.24) is 14.1 Å². The zero-order chi connectivity index (χ0) is 42.0. The molecule has 0 N–H and O–H groups in total. The monoisotopic (exact) mass is 810 g/mol. The Morgan fingerprint density at radius 2 is 0.688 bits per heavy atom. The van der Waals surface area contributed by atoms with Gasteiger partial charge < -0.3 is 9.13 Å². The highest BCUT2D eigenvalue weighted by molar-refractivity contribution is 6.36. The molecule has 4 nitrogen and oxygen atoms in total. The van der Waals surface area contributed by atoms with Crippen molar-refractivity contribution < 1.29 is 0 Å². The van der Waals surface area contributed by atoms with Gasteiger partial charge in [-0.3, -0.25) is 4.98 Å². The zero-order valence-electron chi connectivity index (χ0n) is 34.4. The Labute approximate surface area is 367 Å². The average Bonchev–Trinajstić information content (AvgIpc) is 3.89. The fraction of sp³-hybridized carbons (Fsp3) is 0. The van der Waals surface area contributed by atoms with E-state index in [0.717, 1.165) is 93.9 Å². The fourth-order valence-corrected chi connectivity index (χ4v) is 11.3. The first kappa shape index (κ1) is 34.9. The molecule has 0 saturated carbocycles. The van der Waals surface area contributed by atoms with Crippen LogP contribution in [0.3, 0.4) is 0 Å². The Kier molecular flexibility index (Phi) is 7.15. The van der Waals surface area contributed by atoms with E-state index in [2.05, 4.69) is 209 Å². The molecule has 0 unspecified atom stereocenters. The lowest BCUT2D eigenvalue weighted by Crippen LogP contribution is -2.10. The van der Waals surface area contributed by atoms with E-state index in [4.69, 9.17) is 4.98 Å². The summed E-state index contributed by atoms with van der Waals surface area (Å²) in [5.41, 5.74) is 13.6. The molecule has 0 aliphatic rings. The smallest absolute Gasteiger partial charge is 0.104 e. The Hall–Kier alpha value is -8.78. The summed E-state index contributed by atoms with van der Waals surface area (Å²) < 4.78 is 4.81. The van der Waals surface area contributed by atoms with E-state index in [-0.39, 0.29) is 0 Å². The van der Waals surface area contributed by atoms with Crippen molar-refractivity contribution in [2.45, 2.75) is 0 Å². The maximum absolute atomic E-state index is 12.3. The Balaban J connectivity index is 1.30. The minimum Gasteiger partial charge on any atom is -0.307 e. The summed E-state index contributed by atoms with van der Waals surface area (Å²) >= 11 is 0. The van der Waals surface area contributed by atoms with Gasteiger partial charge in [-0.2, -0.15) is 5.26 Å². The molecule has 14 rings (SSSR count). The molecule has 0 fully saturated rings. The third kappa shape index (κ3) is 4.52. The number of rotatable bonds is 5. The summed E-state index contributed by atoms with van der Waals surface area (Å²) in [6.45, 7) is 0. The predicted molar refractivity (Wildman–Crippen MR) is 266 cm³/mol. The van der Waals surface area contributed by atoms with Crippen LogP contribution in [-0.4, -0.2) is 14.1 Å². The molecule has 64 heavy (non-hydrogen) atoms. The number of aromatic nitrogens is 3. The summed E-state index contributed by atoms with van der Waals surface area (Å²) in [7, 11) is 0. The normalized spacial score (nSPS) is 12.0. The van der Waals surface area contributed by atoms with Crippen molar-refractivity contribution in [2.75, 3.05) is 0 Å². The van der Waals surface area contributed by atoms with Gasteiger partial charge in [0.25, 0.3) is 0 Å². The number of nitriles is 1. The van der Waals surface area contributed by atoms with Crippen molar-refractivity contribution in [3.05, 3.63) is 212 Å². The van der Waals surface area contributed by atoms with Crippen LogP contribution in [0, 0.1) is 11.3 Å². The molecular weight excluding hydrogens is 777 g/mol. The second-order valence-corrected chi connectivity index (χ2v) is 16.8. The van der Waals surface area contributed by atoms with E-state index in [1.165, 1.54) is 37.7 Å². The lowest BCUT2D eigenvalue weighted by molar-refractivity contribution is 1.12. The van der Waals surface area contributed by atoms with Crippen LogP contribution in [0.2, 0.25) is 0 Å². The van der Waals surface area contributed by atoms with Crippen LogP contribution >= 0.6 is 0 Å².